The van der Waals surface area contributed by atoms with Crippen LogP contribution in [-0.4, -0.2) is 53.2 Å². The molecule has 0 unspecified atom stereocenters. The summed E-state index contributed by atoms with van der Waals surface area (Å²) in [5.74, 6) is 1.40. The Kier molecular flexibility index (Phi) is 6.97. The molecule has 4 rings (SSSR count). The molecule has 3 aromatic rings. The Morgan fingerprint density at radius 1 is 1.12 bits per heavy atom. The number of rotatable bonds is 7. The van der Waals surface area contributed by atoms with Crippen molar-refractivity contribution >= 4 is 11.7 Å². The van der Waals surface area contributed by atoms with Crippen molar-refractivity contribution < 1.29 is 18.7 Å². The molecule has 0 aliphatic carbocycles. The summed E-state index contributed by atoms with van der Waals surface area (Å²) in [6, 6.07) is 11.5. The minimum absolute atomic E-state index is 0.145. The molecule has 0 radical (unpaired) electrons. The molecule has 0 saturated carbocycles. The summed E-state index contributed by atoms with van der Waals surface area (Å²) < 4.78 is 24.2. The number of aromatic nitrogens is 3. The number of carbonyl (C=O) groups is 1. The van der Waals surface area contributed by atoms with Crippen molar-refractivity contribution in [2.45, 2.75) is 25.4 Å². The number of amides is 1. The molecule has 0 spiro atoms. The maximum absolute atomic E-state index is 13.1. The van der Waals surface area contributed by atoms with E-state index in [2.05, 4.69) is 20.5 Å². The highest BCUT2D eigenvalue weighted by atomic mass is 19.1. The lowest BCUT2D eigenvalue weighted by atomic mass is 9.93. The number of ether oxygens (including phenoxy) is 2. The first kappa shape index (κ1) is 22.4. The predicted octanol–water partition coefficient (Wildman–Crippen LogP) is 3.66. The van der Waals surface area contributed by atoms with Crippen molar-refractivity contribution in [2.24, 2.45) is 0 Å². The van der Waals surface area contributed by atoms with Gasteiger partial charge in [-0.3, -0.25) is 4.79 Å². The second-order valence-electron chi connectivity index (χ2n) is 7.80. The summed E-state index contributed by atoms with van der Waals surface area (Å²) in [4.78, 5) is 19.1. The van der Waals surface area contributed by atoms with Crippen LogP contribution in [0.5, 0.6) is 11.5 Å². The number of halogens is 1. The van der Waals surface area contributed by atoms with Crippen LogP contribution in [0, 0.1) is 5.82 Å². The second-order valence-corrected chi connectivity index (χ2v) is 7.80. The van der Waals surface area contributed by atoms with E-state index < -0.39 is 0 Å². The molecular formula is C24H26FN5O3. The zero-order valence-electron chi connectivity index (χ0n) is 18.6. The average Bonchev–Trinajstić information content (AvgIpc) is 2.88. The monoisotopic (exact) mass is 451 g/mol. The molecule has 2 aromatic heterocycles. The van der Waals surface area contributed by atoms with Crippen LogP contribution in [0.3, 0.4) is 0 Å². The zero-order chi connectivity index (χ0) is 23.2. The van der Waals surface area contributed by atoms with Crippen LogP contribution in [0.15, 0.2) is 48.7 Å². The quantitative estimate of drug-likeness (QED) is 0.586. The number of pyridine rings is 1. The van der Waals surface area contributed by atoms with Crippen molar-refractivity contribution in [1.29, 1.82) is 0 Å². The number of piperidine rings is 1. The van der Waals surface area contributed by atoms with Gasteiger partial charge in [0.15, 0.2) is 11.5 Å². The van der Waals surface area contributed by atoms with Crippen molar-refractivity contribution in [3.8, 4) is 11.5 Å². The highest BCUT2D eigenvalue weighted by Crippen LogP contribution is 2.30. The molecule has 0 bridgehead atoms. The SMILES string of the molecule is CNc1ccc(C2CCN(C(=O)c3cc(OC)c(OCc4ccc(F)cc4)cn3)CC2)nn1. The van der Waals surface area contributed by atoms with Crippen LogP contribution in [0.1, 0.15) is 40.5 Å². The summed E-state index contributed by atoms with van der Waals surface area (Å²) in [5.41, 5.74) is 2.06. The molecule has 1 amide bonds. The van der Waals surface area contributed by atoms with Crippen molar-refractivity contribution in [2.75, 3.05) is 32.6 Å². The first-order valence-electron chi connectivity index (χ1n) is 10.8. The Morgan fingerprint density at radius 3 is 2.52 bits per heavy atom. The van der Waals surface area contributed by atoms with E-state index in [4.69, 9.17) is 9.47 Å². The lowest BCUT2D eigenvalue weighted by Crippen LogP contribution is -2.38. The summed E-state index contributed by atoms with van der Waals surface area (Å²) in [7, 11) is 3.32. The van der Waals surface area contributed by atoms with Crippen LogP contribution in [0.2, 0.25) is 0 Å². The molecule has 172 valence electrons. The van der Waals surface area contributed by atoms with Gasteiger partial charge in [0.2, 0.25) is 0 Å². The molecule has 1 aliphatic heterocycles. The molecule has 1 saturated heterocycles. The van der Waals surface area contributed by atoms with Gasteiger partial charge in [0.1, 0.15) is 23.9 Å². The summed E-state index contributed by atoms with van der Waals surface area (Å²) in [6.45, 7) is 1.47. The van der Waals surface area contributed by atoms with Crippen LogP contribution >= 0.6 is 0 Å². The fraction of sp³-hybridized carbons (Fsp3) is 0.333. The third-order valence-corrected chi connectivity index (χ3v) is 5.72. The first-order chi connectivity index (χ1) is 16.1. The molecule has 8 nitrogen and oxygen atoms in total. The van der Waals surface area contributed by atoms with Crippen molar-refractivity contribution in [1.82, 2.24) is 20.1 Å². The van der Waals surface area contributed by atoms with Gasteiger partial charge in [0.25, 0.3) is 5.91 Å². The van der Waals surface area contributed by atoms with E-state index in [1.807, 2.05) is 12.1 Å². The Bertz CT molecular complexity index is 1080. The summed E-state index contributed by atoms with van der Waals surface area (Å²) in [5, 5.41) is 11.4. The molecule has 3 heterocycles. The number of anilines is 1. The standard InChI is InChI=1S/C24H26FN5O3/c1-26-23-8-7-19(28-29-23)17-9-11-30(12-10-17)24(31)20-13-21(32-2)22(14-27-20)33-15-16-3-5-18(25)6-4-16/h3-8,13-14,17H,9-12,15H2,1-2H3,(H,26,29). The van der Waals surface area contributed by atoms with E-state index in [9.17, 15) is 9.18 Å². The number of carbonyl (C=O) groups excluding carboxylic acids is 1. The normalized spacial score (nSPS) is 14.1. The van der Waals surface area contributed by atoms with Crippen molar-refractivity contribution in [3.05, 3.63) is 71.4 Å². The predicted molar refractivity (Wildman–Crippen MR) is 121 cm³/mol. The first-order valence-corrected chi connectivity index (χ1v) is 10.8. The molecule has 0 atom stereocenters. The Hall–Kier alpha value is -3.75. The third kappa shape index (κ3) is 5.36. The van der Waals surface area contributed by atoms with Gasteiger partial charge in [-0.05, 0) is 42.7 Å². The van der Waals surface area contributed by atoms with Gasteiger partial charge in [-0.25, -0.2) is 9.37 Å². The van der Waals surface area contributed by atoms with Gasteiger partial charge in [-0.2, -0.15) is 5.10 Å². The van der Waals surface area contributed by atoms with Crippen LogP contribution < -0.4 is 14.8 Å². The molecule has 1 fully saturated rings. The van der Waals surface area contributed by atoms with Crippen molar-refractivity contribution in [3.63, 3.8) is 0 Å². The highest BCUT2D eigenvalue weighted by Gasteiger charge is 2.27. The molecular weight excluding hydrogens is 425 g/mol. The van der Waals surface area contributed by atoms with Gasteiger partial charge in [-0.1, -0.05) is 12.1 Å². The lowest BCUT2D eigenvalue weighted by Gasteiger charge is -2.31. The van der Waals surface area contributed by atoms with E-state index in [0.29, 0.717) is 30.3 Å². The second kappa shape index (κ2) is 10.2. The van der Waals surface area contributed by atoms with Gasteiger partial charge >= 0.3 is 0 Å². The average molecular weight is 452 g/mol. The van der Waals surface area contributed by atoms with Gasteiger partial charge in [0, 0.05) is 32.1 Å². The number of likely N-dealkylation sites (tertiary alicyclic amines) is 1. The van der Waals surface area contributed by atoms with E-state index in [-0.39, 0.29) is 24.2 Å². The highest BCUT2D eigenvalue weighted by molar-refractivity contribution is 5.93. The number of methoxy groups -OCH3 is 1. The van der Waals surface area contributed by atoms with E-state index in [0.717, 1.165) is 29.9 Å². The Labute approximate surface area is 191 Å². The number of hydrogen-bond acceptors (Lipinski definition) is 7. The fourth-order valence-electron chi connectivity index (χ4n) is 3.78. The molecule has 9 heteroatoms. The van der Waals surface area contributed by atoms with Crippen LogP contribution in [0.4, 0.5) is 10.2 Å². The van der Waals surface area contributed by atoms with Gasteiger partial charge < -0.3 is 19.7 Å². The molecule has 33 heavy (non-hydrogen) atoms. The number of benzene rings is 1. The third-order valence-electron chi connectivity index (χ3n) is 5.72. The fourth-order valence-corrected chi connectivity index (χ4v) is 3.78. The largest absolute Gasteiger partial charge is 0.493 e. The van der Waals surface area contributed by atoms with Gasteiger partial charge in [-0.15, -0.1) is 5.10 Å². The Morgan fingerprint density at radius 2 is 1.88 bits per heavy atom. The summed E-state index contributed by atoms with van der Waals surface area (Å²) >= 11 is 0. The van der Waals surface area contributed by atoms with Gasteiger partial charge in [0.05, 0.1) is 19.0 Å². The van der Waals surface area contributed by atoms with E-state index in [1.54, 1.807) is 30.1 Å². The minimum Gasteiger partial charge on any atom is -0.493 e. The number of nitrogens with zero attached hydrogens (tertiary/aromatic N) is 4. The lowest BCUT2D eigenvalue weighted by molar-refractivity contribution is 0.0705. The maximum Gasteiger partial charge on any atom is 0.272 e. The molecule has 1 N–H and O–H groups in total. The summed E-state index contributed by atoms with van der Waals surface area (Å²) in [6.07, 6.45) is 3.12. The molecule has 1 aromatic carbocycles. The minimum atomic E-state index is -0.301. The van der Waals surface area contributed by atoms with E-state index in [1.165, 1.54) is 25.4 Å². The molecule has 1 aliphatic rings. The maximum atomic E-state index is 13.1. The van der Waals surface area contributed by atoms with Crippen LogP contribution in [-0.2, 0) is 6.61 Å². The smallest absolute Gasteiger partial charge is 0.272 e. The van der Waals surface area contributed by atoms with E-state index >= 15 is 0 Å². The number of nitrogens with one attached hydrogen (secondary N) is 1. The Balaban J connectivity index is 1.37. The topological polar surface area (TPSA) is 89.5 Å². The number of hydrogen-bond donors (Lipinski definition) is 1. The van der Waals surface area contributed by atoms with Crippen LogP contribution in [0.25, 0.3) is 0 Å². The zero-order valence-corrected chi connectivity index (χ0v) is 18.6.